The quantitative estimate of drug-likeness (QED) is 0.692. The van der Waals surface area contributed by atoms with E-state index in [0.717, 1.165) is 22.2 Å². The maximum Gasteiger partial charge on any atom is 0.197 e. The van der Waals surface area contributed by atoms with Gasteiger partial charge in [-0.25, -0.2) is 4.98 Å². The maximum atomic E-state index is 6.22. The molecule has 0 aliphatic carbocycles. The largest absolute Gasteiger partial charge is 0.369 e. The summed E-state index contributed by atoms with van der Waals surface area (Å²) in [6.07, 6.45) is 3.40. The van der Waals surface area contributed by atoms with Gasteiger partial charge in [0, 0.05) is 17.1 Å². The van der Waals surface area contributed by atoms with E-state index in [-0.39, 0.29) is 0 Å². The van der Waals surface area contributed by atoms with Gasteiger partial charge in [0.05, 0.1) is 22.4 Å². The van der Waals surface area contributed by atoms with Gasteiger partial charge >= 0.3 is 0 Å². The van der Waals surface area contributed by atoms with Gasteiger partial charge in [0.2, 0.25) is 0 Å². The highest BCUT2D eigenvalue weighted by molar-refractivity contribution is 6.34. The number of hydrogen-bond donors (Lipinski definition) is 2. The summed E-state index contributed by atoms with van der Waals surface area (Å²) in [4.78, 5) is 11.3. The van der Waals surface area contributed by atoms with E-state index in [0.29, 0.717) is 11.0 Å². The van der Waals surface area contributed by atoms with Crippen LogP contribution in [0.25, 0.3) is 22.2 Å². The number of aromatic nitrogens is 3. The minimum Gasteiger partial charge on any atom is -0.369 e. The Hall–Kier alpha value is -2.07. The van der Waals surface area contributed by atoms with Gasteiger partial charge in [-0.15, -0.1) is 0 Å². The van der Waals surface area contributed by atoms with Crippen molar-refractivity contribution in [2.75, 3.05) is 5.73 Å². The second-order valence-corrected chi connectivity index (χ2v) is 4.09. The number of aromatic amines is 1. The second-order valence-electron chi connectivity index (χ2n) is 3.68. The van der Waals surface area contributed by atoms with E-state index >= 15 is 0 Å². The number of imidazole rings is 1. The summed E-state index contributed by atoms with van der Waals surface area (Å²) in [6.45, 7) is 0. The second kappa shape index (κ2) is 3.75. The zero-order chi connectivity index (χ0) is 11.8. The summed E-state index contributed by atoms with van der Waals surface area (Å²) < 4.78 is 0. The fourth-order valence-corrected chi connectivity index (χ4v) is 2.09. The normalized spacial score (nSPS) is 10.9. The Morgan fingerprint density at radius 3 is 2.82 bits per heavy atom. The van der Waals surface area contributed by atoms with Crippen LogP contribution in [0, 0.1) is 0 Å². The molecule has 0 aliphatic heterocycles. The standard InChI is InChI=1S/C12H9ClN4/c13-8-4-3-7-2-1-5-15-11(7)10(8)9-6-16-12(14)17-9/h1-6H,(H3,14,16,17). The third-order valence-electron chi connectivity index (χ3n) is 2.59. The highest BCUT2D eigenvalue weighted by Gasteiger charge is 2.11. The fourth-order valence-electron chi connectivity index (χ4n) is 1.84. The van der Waals surface area contributed by atoms with Crippen molar-refractivity contribution >= 4 is 28.5 Å². The molecule has 5 heteroatoms. The molecule has 1 aromatic carbocycles. The molecule has 0 unspecified atom stereocenters. The molecule has 84 valence electrons. The van der Waals surface area contributed by atoms with E-state index in [1.807, 2.05) is 24.3 Å². The predicted octanol–water partition coefficient (Wildman–Crippen LogP) is 2.86. The number of nitrogens with one attached hydrogen (secondary N) is 1. The smallest absolute Gasteiger partial charge is 0.197 e. The number of nitrogens with zero attached hydrogens (tertiary/aromatic N) is 2. The summed E-state index contributed by atoms with van der Waals surface area (Å²) in [5.74, 6) is 0.365. The van der Waals surface area contributed by atoms with Crippen LogP contribution < -0.4 is 5.73 Å². The van der Waals surface area contributed by atoms with E-state index in [4.69, 9.17) is 17.3 Å². The molecule has 0 saturated carbocycles. The van der Waals surface area contributed by atoms with Gasteiger partial charge in [-0.1, -0.05) is 23.7 Å². The number of rotatable bonds is 1. The SMILES string of the molecule is Nc1ncc(-c2c(Cl)ccc3cccnc23)[nH]1. The number of nitrogens with two attached hydrogens (primary N) is 1. The zero-order valence-electron chi connectivity index (χ0n) is 8.81. The molecule has 2 heterocycles. The molecule has 0 fully saturated rings. The van der Waals surface area contributed by atoms with Crippen LogP contribution in [0.15, 0.2) is 36.7 Å². The molecule has 0 saturated heterocycles. The highest BCUT2D eigenvalue weighted by Crippen LogP contribution is 2.32. The number of anilines is 1. The average molecular weight is 245 g/mol. The summed E-state index contributed by atoms with van der Waals surface area (Å²) in [6, 6.07) is 7.66. The van der Waals surface area contributed by atoms with Crippen LogP contribution in [0.1, 0.15) is 0 Å². The van der Waals surface area contributed by atoms with Gasteiger partial charge in [-0.2, -0.15) is 0 Å². The molecule has 0 aliphatic rings. The van der Waals surface area contributed by atoms with Crippen LogP contribution in [0.2, 0.25) is 5.02 Å². The fraction of sp³-hybridized carbons (Fsp3) is 0. The Bertz CT molecular complexity index is 690. The molecule has 3 N–H and O–H groups in total. The summed E-state index contributed by atoms with van der Waals surface area (Å²) >= 11 is 6.22. The summed E-state index contributed by atoms with van der Waals surface area (Å²) in [5, 5.41) is 1.65. The van der Waals surface area contributed by atoms with Gasteiger partial charge in [0.1, 0.15) is 0 Å². The van der Waals surface area contributed by atoms with Gasteiger partial charge in [-0.05, 0) is 12.1 Å². The molecule has 3 rings (SSSR count). The molecule has 0 bridgehead atoms. The number of benzene rings is 1. The lowest BCUT2D eigenvalue weighted by molar-refractivity contribution is 1.32. The van der Waals surface area contributed by atoms with Crippen molar-refractivity contribution < 1.29 is 0 Å². The molecule has 2 aromatic heterocycles. The number of hydrogen-bond acceptors (Lipinski definition) is 3. The zero-order valence-corrected chi connectivity index (χ0v) is 9.57. The van der Waals surface area contributed by atoms with Gasteiger partial charge in [0.15, 0.2) is 5.95 Å². The average Bonchev–Trinajstić information content (AvgIpc) is 2.75. The van der Waals surface area contributed by atoms with Crippen LogP contribution >= 0.6 is 11.6 Å². The number of nitrogen functional groups attached to an aromatic ring is 1. The van der Waals surface area contributed by atoms with E-state index in [1.54, 1.807) is 12.4 Å². The van der Waals surface area contributed by atoms with Crippen molar-refractivity contribution in [3.05, 3.63) is 41.7 Å². The number of pyridine rings is 1. The van der Waals surface area contributed by atoms with E-state index in [2.05, 4.69) is 15.0 Å². The van der Waals surface area contributed by atoms with E-state index < -0.39 is 0 Å². The topological polar surface area (TPSA) is 67.6 Å². The lowest BCUT2D eigenvalue weighted by atomic mass is 10.1. The van der Waals surface area contributed by atoms with Crippen LogP contribution in [0.5, 0.6) is 0 Å². The van der Waals surface area contributed by atoms with Crippen molar-refractivity contribution in [1.82, 2.24) is 15.0 Å². The molecule has 0 atom stereocenters. The van der Waals surface area contributed by atoms with Crippen molar-refractivity contribution in [3.63, 3.8) is 0 Å². The number of halogens is 1. The van der Waals surface area contributed by atoms with Crippen LogP contribution in [0.4, 0.5) is 5.95 Å². The first-order chi connectivity index (χ1) is 8.25. The number of H-pyrrole nitrogens is 1. The van der Waals surface area contributed by atoms with E-state index in [9.17, 15) is 0 Å². The Kier molecular flexibility index (Phi) is 2.23. The first kappa shape index (κ1) is 10.1. The molecule has 4 nitrogen and oxygen atoms in total. The lowest BCUT2D eigenvalue weighted by Crippen LogP contribution is -1.88. The molecular weight excluding hydrogens is 236 g/mol. The highest BCUT2D eigenvalue weighted by atomic mass is 35.5. The first-order valence-corrected chi connectivity index (χ1v) is 5.47. The molecule has 0 spiro atoms. The Morgan fingerprint density at radius 2 is 2.06 bits per heavy atom. The summed E-state index contributed by atoms with van der Waals surface area (Å²) in [5.41, 5.74) is 8.02. The number of fused-ring (bicyclic) bond motifs is 1. The Morgan fingerprint density at radius 1 is 1.18 bits per heavy atom. The molecule has 0 radical (unpaired) electrons. The van der Waals surface area contributed by atoms with Crippen LogP contribution in [-0.4, -0.2) is 15.0 Å². The molecule has 3 aromatic rings. The minimum atomic E-state index is 0.365. The van der Waals surface area contributed by atoms with Crippen molar-refractivity contribution in [1.29, 1.82) is 0 Å². The van der Waals surface area contributed by atoms with Crippen molar-refractivity contribution in [2.45, 2.75) is 0 Å². The van der Waals surface area contributed by atoms with Crippen LogP contribution in [-0.2, 0) is 0 Å². The van der Waals surface area contributed by atoms with E-state index in [1.165, 1.54) is 0 Å². The Balaban J connectivity index is 2.38. The van der Waals surface area contributed by atoms with Crippen molar-refractivity contribution in [3.8, 4) is 11.3 Å². The monoisotopic (exact) mass is 244 g/mol. The van der Waals surface area contributed by atoms with Gasteiger partial charge in [0.25, 0.3) is 0 Å². The molecule has 17 heavy (non-hydrogen) atoms. The third-order valence-corrected chi connectivity index (χ3v) is 2.90. The Labute approximate surface area is 102 Å². The van der Waals surface area contributed by atoms with Gasteiger partial charge in [-0.3, -0.25) is 4.98 Å². The minimum absolute atomic E-state index is 0.365. The lowest BCUT2D eigenvalue weighted by Gasteiger charge is -2.05. The predicted molar refractivity (Wildman–Crippen MR) is 68.7 cm³/mol. The third kappa shape index (κ3) is 1.62. The molecule has 0 amide bonds. The summed E-state index contributed by atoms with van der Waals surface area (Å²) in [7, 11) is 0. The maximum absolute atomic E-state index is 6.22. The first-order valence-electron chi connectivity index (χ1n) is 5.10. The molecular formula is C12H9ClN4. The van der Waals surface area contributed by atoms with Crippen LogP contribution in [0.3, 0.4) is 0 Å². The van der Waals surface area contributed by atoms with Gasteiger partial charge < -0.3 is 10.7 Å². The van der Waals surface area contributed by atoms with Crippen molar-refractivity contribution in [2.24, 2.45) is 0 Å².